The number of hydrogen-bond acceptors (Lipinski definition) is 5. The molecule has 0 radical (unpaired) electrons. The third kappa shape index (κ3) is 2.81. The van der Waals surface area contributed by atoms with Gasteiger partial charge < -0.3 is 10.4 Å². The van der Waals surface area contributed by atoms with Crippen LogP contribution < -0.4 is 5.32 Å². The molecule has 0 amide bonds. The molecule has 1 heterocycles. The fraction of sp³-hybridized carbons (Fsp3) is 0.636. The summed E-state index contributed by atoms with van der Waals surface area (Å²) in [6, 6.07) is 0. The van der Waals surface area contributed by atoms with E-state index in [1.54, 1.807) is 29.3 Å². The first-order valence-electron chi connectivity index (χ1n) is 5.71. The van der Waals surface area contributed by atoms with Gasteiger partial charge in [-0.1, -0.05) is 18.7 Å². The van der Waals surface area contributed by atoms with Crippen molar-refractivity contribution in [3.63, 3.8) is 0 Å². The van der Waals surface area contributed by atoms with E-state index >= 15 is 0 Å². The predicted octanol–water partition coefficient (Wildman–Crippen LogP) is 2.22. The lowest BCUT2D eigenvalue weighted by atomic mass is 9.98. The number of carboxylic acids is 1. The summed E-state index contributed by atoms with van der Waals surface area (Å²) in [5.41, 5.74) is -0.719. The summed E-state index contributed by atoms with van der Waals surface area (Å²) in [4.78, 5) is 15.6. The largest absolute Gasteiger partial charge is 0.480 e. The van der Waals surface area contributed by atoms with E-state index in [0.717, 1.165) is 10.8 Å². The minimum atomic E-state index is -0.721. The summed E-state index contributed by atoms with van der Waals surface area (Å²) in [6.45, 7) is 2.65. The standard InChI is InChI=1S/C11H16N2O2S2/c1-2-13-11(9(14)15)4-3-8(7-11)17-10-12-5-6-16-10/h5-6,8,13H,2-4,7H2,1H3,(H,14,15). The van der Waals surface area contributed by atoms with E-state index in [2.05, 4.69) is 10.3 Å². The van der Waals surface area contributed by atoms with Crippen LogP contribution >= 0.6 is 23.1 Å². The summed E-state index contributed by atoms with van der Waals surface area (Å²) >= 11 is 3.32. The van der Waals surface area contributed by atoms with E-state index in [1.807, 2.05) is 12.3 Å². The molecule has 0 aromatic carbocycles. The number of thioether (sulfide) groups is 1. The van der Waals surface area contributed by atoms with Crippen LogP contribution in [0.5, 0.6) is 0 Å². The zero-order valence-electron chi connectivity index (χ0n) is 9.68. The van der Waals surface area contributed by atoms with Gasteiger partial charge in [-0.25, -0.2) is 4.98 Å². The maximum absolute atomic E-state index is 11.4. The van der Waals surface area contributed by atoms with E-state index in [1.165, 1.54) is 0 Å². The second-order valence-electron chi connectivity index (χ2n) is 4.20. The third-order valence-electron chi connectivity index (χ3n) is 3.07. The Kier molecular flexibility index (Phi) is 4.06. The van der Waals surface area contributed by atoms with Gasteiger partial charge in [-0.05, 0) is 25.8 Å². The van der Waals surface area contributed by atoms with Gasteiger partial charge in [-0.15, -0.1) is 11.3 Å². The molecule has 4 nitrogen and oxygen atoms in total. The van der Waals surface area contributed by atoms with Crippen LogP contribution in [0.4, 0.5) is 0 Å². The molecule has 1 aliphatic carbocycles. The summed E-state index contributed by atoms with van der Waals surface area (Å²) in [5.74, 6) is -0.721. The molecule has 1 fully saturated rings. The number of likely N-dealkylation sites (N-methyl/N-ethyl adjacent to an activating group) is 1. The number of aliphatic carboxylic acids is 1. The average molecular weight is 272 g/mol. The first-order valence-corrected chi connectivity index (χ1v) is 7.47. The van der Waals surface area contributed by atoms with Crippen molar-refractivity contribution in [2.75, 3.05) is 6.54 Å². The van der Waals surface area contributed by atoms with Crippen molar-refractivity contribution in [1.29, 1.82) is 0 Å². The minimum absolute atomic E-state index is 0.358. The number of rotatable bonds is 5. The van der Waals surface area contributed by atoms with Gasteiger partial charge in [0.2, 0.25) is 0 Å². The molecule has 2 atom stereocenters. The van der Waals surface area contributed by atoms with E-state index in [9.17, 15) is 9.90 Å². The SMILES string of the molecule is CCNC1(C(=O)O)CCC(Sc2nccs2)C1. The highest BCUT2D eigenvalue weighted by molar-refractivity contribution is 8.01. The second kappa shape index (κ2) is 5.37. The molecular weight excluding hydrogens is 256 g/mol. The van der Waals surface area contributed by atoms with Crippen molar-refractivity contribution in [2.24, 2.45) is 0 Å². The van der Waals surface area contributed by atoms with Crippen LogP contribution in [0.1, 0.15) is 26.2 Å². The topological polar surface area (TPSA) is 62.2 Å². The molecule has 0 bridgehead atoms. The minimum Gasteiger partial charge on any atom is -0.480 e. The highest BCUT2D eigenvalue weighted by Crippen LogP contribution is 2.40. The number of hydrogen-bond donors (Lipinski definition) is 2. The Balaban J connectivity index is 1.99. The molecule has 2 unspecified atom stereocenters. The van der Waals surface area contributed by atoms with Crippen LogP contribution in [0, 0.1) is 0 Å². The number of nitrogens with zero attached hydrogens (tertiary/aromatic N) is 1. The van der Waals surface area contributed by atoms with Gasteiger partial charge in [-0.2, -0.15) is 0 Å². The zero-order chi connectivity index (χ0) is 12.3. The van der Waals surface area contributed by atoms with Crippen LogP contribution in [0.2, 0.25) is 0 Å². The van der Waals surface area contributed by atoms with Crippen molar-refractivity contribution < 1.29 is 9.90 Å². The van der Waals surface area contributed by atoms with E-state index in [0.29, 0.717) is 24.6 Å². The highest BCUT2D eigenvalue weighted by Gasteiger charge is 2.45. The molecule has 0 aliphatic heterocycles. The monoisotopic (exact) mass is 272 g/mol. The number of carbonyl (C=O) groups is 1. The predicted molar refractivity (Wildman–Crippen MR) is 69.7 cm³/mol. The lowest BCUT2D eigenvalue weighted by Crippen LogP contribution is -2.50. The number of nitrogens with one attached hydrogen (secondary N) is 1. The maximum atomic E-state index is 11.4. The van der Waals surface area contributed by atoms with Crippen LogP contribution in [0.15, 0.2) is 15.9 Å². The van der Waals surface area contributed by atoms with E-state index in [-0.39, 0.29) is 0 Å². The molecule has 17 heavy (non-hydrogen) atoms. The van der Waals surface area contributed by atoms with Gasteiger partial charge in [0.1, 0.15) is 9.88 Å². The molecular formula is C11H16N2O2S2. The molecule has 1 aliphatic rings. The first kappa shape index (κ1) is 12.9. The summed E-state index contributed by atoms with van der Waals surface area (Å²) < 4.78 is 1.03. The molecule has 0 spiro atoms. The molecule has 2 N–H and O–H groups in total. The molecule has 6 heteroatoms. The molecule has 1 aromatic heterocycles. The Labute approximate surface area is 109 Å². The van der Waals surface area contributed by atoms with Crippen molar-refractivity contribution in [3.8, 4) is 0 Å². The van der Waals surface area contributed by atoms with Gasteiger partial charge in [0, 0.05) is 16.8 Å². The Morgan fingerprint density at radius 1 is 1.82 bits per heavy atom. The van der Waals surface area contributed by atoms with Gasteiger partial charge in [0.15, 0.2) is 0 Å². The van der Waals surface area contributed by atoms with Crippen LogP contribution in [0.25, 0.3) is 0 Å². The highest BCUT2D eigenvalue weighted by atomic mass is 32.2. The quantitative estimate of drug-likeness (QED) is 0.860. The molecule has 0 saturated heterocycles. The van der Waals surface area contributed by atoms with Crippen molar-refractivity contribution >= 4 is 29.1 Å². The molecule has 1 saturated carbocycles. The van der Waals surface area contributed by atoms with Crippen molar-refractivity contribution in [2.45, 2.75) is 41.3 Å². The lowest BCUT2D eigenvalue weighted by molar-refractivity contribution is -0.144. The summed E-state index contributed by atoms with van der Waals surface area (Å²) in [5, 5.41) is 14.8. The average Bonchev–Trinajstić information content (AvgIpc) is 2.90. The van der Waals surface area contributed by atoms with E-state index < -0.39 is 11.5 Å². The third-order valence-corrected chi connectivity index (χ3v) is 5.26. The molecule has 1 aromatic rings. The van der Waals surface area contributed by atoms with Crippen LogP contribution in [-0.4, -0.2) is 33.4 Å². The van der Waals surface area contributed by atoms with Crippen molar-refractivity contribution in [1.82, 2.24) is 10.3 Å². The van der Waals surface area contributed by atoms with Gasteiger partial charge >= 0.3 is 5.97 Å². The molecule has 94 valence electrons. The van der Waals surface area contributed by atoms with Gasteiger partial charge in [0.05, 0.1) is 0 Å². The Morgan fingerprint density at radius 2 is 2.65 bits per heavy atom. The zero-order valence-corrected chi connectivity index (χ0v) is 11.3. The fourth-order valence-corrected chi connectivity index (χ4v) is 4.45. The number of carboxylic acid groups (broad SMARTS) is 1. The Morgan fingerprint density at radius 3 is 3.24 bits per heavy atom. The van der Waals surface area contributed by atoms with Crippen LogP contribution in [0.3, 0.4) is 0 Å². The van der Waals surface area contributed by atoms with Crippen molar-refractivity contribution in [3.05, 3.63) is 11.6 Å². The van der Waals surface area contributed by atoms with Crippen LogP contribution in [-0.2, 0) is 4.79 Å². The normalized spacial score (nSPS) is 28.4. The number of aromatic nitrogens is 1. The summed E-state index contributed by atoms with van der Waals surface area (Å²) in [7, 11) is 0. The van der Waals surface area contributed by atoms with E-state index in [4.69, 9.17) is 0 Å². The Bertz CT molecular complexity index is 383. The number of thiazole rings is 1. The first-order chi connectivity index (χ1) is 8.16. The van der Waals surface area contributed by atoms with Gasteiger partial charge in [0.25, 0.3) is 0 Å². The fourth-order valence-electron chi connectivity index (χ4n) is 2.28. The summed E-state index contributed by atoms with van der Waals surface area (Å²) in [6.07, 6.45) is 4.11. The molecule has 2 rings (SSSR count). The maximum Gasteiger partial charge on any atom is 0.323 e. The lowest BCUT2D eigenvalue weighted by Gasteiger charge is -2.25. The smallest absolute Gasteiger partial charge is 0.323 e. The Hall–Kier alpha value is -0.590. The second-order valence-corrected chi connectivity index (χ2v) is 6.64. The van der Waals surface area contributed by atoms with Gasteiger partial charge in [-0.3, -0.25) is 4.79 Å².